The van der Waals surface area contributed by atoms with Crippen molar-refractivity contribution in [2.45, 2.75) is 107 Å². The molecule has 0 bridgehead atoms. The Kier molecular flexibility index (Phi) is 13.8. The molecule has 2 aromatic heterocycles. The Bertz CT molecular complexity index is 2590. The Morgan fingerprint density at radius 3 is 2.55 bits per heavy atom. The summed E-state index contributed by atoms with van der Waals surface area (Å²) in [7, 11) is -3.26. The van der Waals surface area contributed by atoms with Crippen LogP contribution in [-0.4, -0.2) is 102 Å². The number of nitrogens with one attached hydrogen (secondary N) is 3. The number of aromatic nitrogens is 2. The van der Waals surface area contributed by atoms with Crippen molar-refractivity contribution in [3.8, 4) is 11.6 Å². The number of hydrogen-bond donors (Lipinski definition) is 4. The van der Waals surface area contributed by atoms with Crippen LogP contribution in [-0.2, 0) is 14.8 Å². The molecular formula is C49H62FN7O8S. The number of amides is 1. The number of allylic oxidation sites excluding steroid dienone is 2. The van der Waals surface area contributed by atoms with Crippen molar-refractivity contribution >= 4 is 38.3 Å². The van der Waals surface area contributed by atoms with E-state index in [2.05, 4.69) is 67.9 Å². The van der Waals surface area contributed by atoms with E-state index < -0.39 is 49.5 Å². The van der Waals surface area contributed by atoms with Gasteiger partial charge in [-0.3, -0.25) is 19.8 Å². The molecule has 0 unspecified atom stereocenters. The third kappa shape index (κ3) is 10.4. The number of aromatic amines is 1. The number of anilines is 1. The van der Waals surface area contributed by atoms with Crippen molar-refractivity contribution in [2.75, 3.05) is 51.8 Å². The van der Waals surface area contributed by atoms with Crippen molar-refractivity contribution in [2.24, 2.45) is 11.3 Å². The van der Waals surface area contributed by atoms with E-state index in [-0.39, 0.29) is 45.3 Å². The minimum Gasteiger partial charge on any atom is -0.483 e. The van der Waals surface area contributed by atoms with E-state index in [1.54, 1.807) is 13.0 Å². The number of rotatable bonds is 16. The van der Waals surface area contributed by atoms with Crippen LogP contribution >= 0.6 is 0 Å². The van der Waals surface area contributed by atoms with Gasteiger partial charge >= 0.3 is 0 Å². The molecule has 4 N–H and O–H groups in total. The van der Waals surface area contributed by atoms with Crippen LogP contribution in [0.2, 0.25) is 0 Å². The lowest BCUT2D eigenvalue weighted by molar-refractivity contribution is -0.384. The van der Waals surface area contributed by atoms with Crippen LogP contribution in [0.25, 0.3) is 11.0 Å². The Balaban J connectivity index is 0.941. The van der Waals surface area contributed by atoms with Crippen LogP contribution < -0.4 is 19.5 Å². The van der Waals surface area contributed by atoms with Crippen LogP contribution in [0, 0.1) is 27.3 Å². The van der Waals surface area contributed by atoms with Crippen LogP contribution in [0.4, 0.5) is 15.8 Å². The fraction of sp³-hybridized carbons (Fsp3) is 0.510. The Morgan fingerprint density at radius 1 is 1.09 bits per heavy atom. The highest BCUT2D eigenvalue weighted by Crippen LogP contribution is 2.48. The van der Waals surface area contributed by atoms with E-state index in [9.17, 15) is 32.8 Å². The molecule has 17 heteroatoms. The van der Waals surface area contributed by atoms with Gasteiger partial charge in [-0.05, 0) is 129 Å². The van der Waals surface area contributed by atoms with Crippen LogP contribution in [0.15, 0.2) is 83.5 Å². The molecule has 2 saturated carbocycles. The second-order valence-electron chi connectivity index (χ2n) is 19.4. The van der Waals surface area contributed by atoms with Crippen LogP contribution in [0.5, 0.6) is 11.6 Å². The summed E-state index contributed by atoms with van der Waals surface area (Å²) in [6.45, 7) is 10.2. The predicted octanol–water partition coefficient (Wildman–Crippen LogP) is 8.15. The molecule has 15 nitrogen and oxygen atoms in total. The number of aliphatic hydroxyl groups is 1. The number of nitro benzene ring substituents is 1. The van der Waals surface area contributed by atoms with Gasteiger partial charge in [-0.15, -0.1) is 0 Å². The lowest BCUT2D eigenvalue weighted by Crippen LogP contribution is -2.63. The van der Waals surface area contributed by atoms with Crippen LogP contribution in [0.3, 0.4) is 0 Å². The maximum atomic E-state index is 14.5. The highest BCUT2D eigenvalue weighted by molar-refractivity contribution is 7.90. The van der Waals surface area contributed by atoms with Gasteiger partial charge in [0.1, 0.15) is 23.8 Å². The molecule has 8 rings (SSSR count). The van der Waals surface area contributed by atoms with Crippen molar-refractivity contribution in [3.05, 3.63) is 106 Å². The predicted molar refractivity (Wildman–Crippen MR) is 251 cm³/mol. The first-order valence-electron chi connectivity index (χ1n) is 23.1. The minimum atomic E-state index is -4.62. The maximum Gasteiger partial charge on any atom is 0.293 e. The van der Waals surface area contributed by atoms with Gasteiger partial charge < -0.3 is 29.8 Å². The summed E-state index contributed by atoms with van der Waals surface area (Å²) >= 11 is 0. The summed E-state index contributed by atoms with van der Waals surface area (Å²) in [5.74, 6) is -0.311. The number of nitrogens with zero attached hydrogens (tertiary/aromatic N) is 4. The van der Waals surface area contributed by atoms with E-state index in [4.69, 9.17) is 9.47 Å². The lowest BCUT2D eigenvalue weighted by atomic mass is 9.70. The first-order chi connectivity index (χ1) is 31.5. The van der Waals surface area contributed by atoms with Gasteiger partial charge in [-0.25, -0.2) is 17.5 Å². The molecule has 1 spiro atoms. The first kappa shape index (κ1) is 47.0. The topological polar surface area (TPSA) is 192 Å². The van der Waals surface area contributed by atoms with E-state index >= 15 is 0 Å². The minimum absolute atomic E-state index is 0.0178. The summed E-state index contributed by atoms with van der Waals surface area (Å²) in [4.78, 5) is 36.8. The Hall–Kier alpha value is -5.52. The number of benzene rings is 2. The molecule has 2 aliphatic carbocycles. The van der Waals surface area contributed by atoms with E-state index in [0.29, 0.717) is 37.3 Å². The molecule has 1 amide bonds. The van der Waals surface area contributed by atoms with Gasteiger partial charge in [0.2, 0.25) is 0 Å². The third-order valence-electron chi connectivity index (χ3n) is 14.4. The van der Waals surface area contributed by atoms with Crippen molar-refractivity contribution < 1.29 is 37.1 Å². The molecule has 66 heavy (non-hydrogen) atoms. The van der Waals surface area contributed by atoms with Gasteiger partial charge in [0.15, 0.2) is 5.75 Å². The number of halogens is 1. The zero-order chi connectivity index (χ0) is 46.8. The van der Waals surface area contributed by atoms with Gasteiger partial charge in [-0.1, -0.05) is 44.5 Å². The molecule has 4 aromatic rings. The fourth-order valence-electron chi connectivity index (χ4n) is 10.5. The molecule has 0 radical (unpaired) electrons. The number of ether oxygens (including phenoxy) is 2. The fourth-order valence-corrected chi connectivity index (χ4v) is 11.5. The highest BCUT2D eigenvalue weighted by atomic mass is 32.2. The SMILES string of the molecule is COc1nc2[nH]cc(F)c2cc1OC/C(=C\C=C\N1CCC2(CC1)CN([C@@H]1CCC[C@@H]1c1ccccc1C(C)C)C2)C(=O)NS(=O)(=O)c1ccc(NCC2CCC(C)(O)CC2)c([N+](=O)[O-])c1. The lowest BCUT2D eigenvalue weighted by Gasteiger charge is -2.57. The number of carbonyl (C=O) groups excluding carboxylic acids is 1. The second-order valence-corrected chi connectivity index (χ2v) is 21.1. The standard InChI is InChI=1S/C49H62FN7O8S/c1-32(2)36-10-5-6-11-37(36)38-12-7-13-42(38)56-30-49(31-56)20-23-55(24-21-49)22-8-9-34(29-65-44-26-39-40(50)28-52-45(39)53-47(44)64-4)46(58)54-66(62,63)35-14-15-41(43(25-35)57(60)61)51-27-33-16-18-48(3,59)19-17-33/h5-6,8-11,14-15,22,25-26,28,32-33,38,42,51,59H,7,12-13,16-21,23-24,27,29-31H2,1-4H3,(H,52,53)(H,54,58)/b22-8+,34-9+/t33?,38-,42-,48?/m1/s1. The molecule has 4 aliphatic rings. The molecule has 4 fully saturated rings. The number of carbonyl (C=O) groups is 1. The third-order valence-corrected chi connectivity index (χ3v) is 15.7. The summed E-state index contributed by atoms with van der Waals surface area (Å²) in [5, 5.41) is 25.7. The average molecular weight is 928 g/mol. The molecule has 2 atom stereocenters. The van der Waals surface area contributed by atoms with Gasteiger partial charge in [0.25, 0.3) is 27.5 Å². The molecule has 2 saturated heterocycles. The molecule has 2 aliphatic heterocycles. The van der Waals surface area contributed by atoms with Crippen molar-refractivity contribution in [1.82, 2.24) is 24.5 Å². The molecular weight excluding hydrogens is 866 g/mol. The van der Waals surface area contributed by atoms with Crippen LogP contribution in [0.1, 0.15) is 102 Å². The van der Waals surface area contributed by atoms with Crippen molar-refractivity contribution in [3.63, 3.8) is 0 Å². The zero-order valence-electron chi connectivity index (χ0n) is 38.2. The van der Waals surface area contributed by atoms with E-state index in [1.807, 2.05) is 6.20 Å². The smallest absolute Gasteiger partial charge is 0.293 e. The monoisotopic (exact) mass is 927 g/mol. The summed E-state index contributed by atoms with van der Waals surface area (Å²) < 4.78 is 55.4. The number of H-pyrrole nitrogens is 1. The Labute approximate surface area is 386 Å². The average Bonchev–Trinajstić information content (AvgIpc) is 3.92. The zero-order valence-corrected chi connectivity index (χ0v) is 39.0. The first-order valence-corrected chi connectivity index (χ1v) is 24.6. The number of sulfonamides is 1. The Morgan fingerprint density at radius 2 is 1.83 bits per heavy atom. The molecule has 2 aromatic carbocycles. The van der Waals surface area contributed by atoms with Crippen molar-refractivity contribution in [1.29, 1.82) is 0 Å². The number of hydrogen-bond acceptors (Lipinski definition) is 12. The number of nitro groups is 1. The summed E-state index contributed by atoms with van der Waals surface area (Å²) in [5.41, 5.74) is 2.33. The largest absolute Gasteiger partial charge is 0.483 e. The van der Waals surface area contributed by atoms with Gasteiger partial charge in [0.05, 0.1) is 33.5 Å². The maximum absolute atomic E-state index is 14.5. The summed E-state index contributed by atoms with van der Waals surface area (Å²) in [6, 6.07) is 14.3. The quantitative estimate of drug-likeness (QED) is 0.0366. The summed E-state index contributed by atoms with van der Waals surface area (Å²) in [6.07, 6.45) is 14.7. The second kappa shape index (κ2) is 19.4. The molecule has 354 valence electrons. The number of pyridine rings is 1. The molecule has 4 heterocycles. The number of likely N-dealkylation sites (tertiary alicyclic amines) is 2. The number of methoxy groups -OCH3 is 1. The highest BCUT2D eigenvalue weighted by Gasteiger charge is 2.49. The normalized spacial score (nSPS) is 23.7. The van der Waals surface area contributed by atoms with Gasteiger partial charge in [0, 0.05) is 51.0 Å². The van der Waals surface area contributed by atoms with E-state index in [0.717, 1.165) is 64.1 Å². The van der Waals surface area contributed by atoms with E-state index in [1.165, 1.54) is 61.8 Å². The number of fused-ring (bicyclic) bond motifs is 1. The number of piperidine rings is 1. The van der Waals surface area contributed by atoms with Gasteiger partial charge in [-0.2, -0.15) is 4.98 Å².